The van der Waals surface area contributed by atoms with Crippen LogP contribution < -0.4 is 0 Å². The normalized spacial score (nSPS) is 23.6. The molecule has 0 heterocycles. The van der Waals surface area contributed by atoms with Gasteiger partial charge in [0.1, 0.15) is 0 Å². The third kappa shape index (κ3) is 10.5. The average molecular weight is 715 g/mol. The van der Waals surface area contributed by atoms with Gasteiger partial charge in [-0.2, -0.15) is 0 Å². The molecule has 1 saturated carbocycles. The monoisotopic (exact) mass is 715 g/mol. The van der Waals surface area contributed by atoms with E-state index in [1.54, 1.807) is 5.57 Å². The highest BCUT2D eigenvalue weighted by molar-refractivity contribution is 6.74. The molecule has 0 amide bonds. The lowest BCUT2D eigenvalue weighted by Crippen LogP contribution is -2.41. The molecule has 3 nitrogen and oxygen atoms in total. The zero-order valence-corrected chi connectivity index (χ0v) is 37.8. The SMILES string of the molecule is C[C@H](CCCC(C)(C)O[Si](C)(C)C)[C@H]1CC[C@H]2C(c3ccc(CO[Si](C)(C)C(C)(C)C)c(CCO[Si](C)(C)C(C)(C)C)c3)=CCC[C@]12C. The summed E-state index contributed by atoms with van der Waals surface area (Å²) in [6.45, 7) is 41.7. The predicted molar refractivity (Wildman–Crippen MR) is 218 cm³/mol. The maximum Gasteiger partial charge on any atom is 0.192 e. The first kappa shape index (κ1) is 41.9. The number of hydrogen-bond donors (Lipinski definition) is 0. The number of rotatable bonds is 15. The van der Waals surface area contributed by atoms with Gasteiger partial charge < -0.3 is 13.3 Å². The van der Waals surface area contributed by atoms with Gasteiger partial charge in [-0.3, -0.25) is 0 Å². The van der Waals surface area contributed by atoms with Crippen LogP contribution in [-0.4, -0.2) is 37.2 Å². The van der Waals surface area contributed by atoms with Gasteiger partial charge in [0.2, 0.25) is 0 Å². The van der Waals surface area contributed by atoms with Crippen molar-refractivity contribution in [1.82, 2.24) is 0 Å². The fourth-order valence-electron chi connectivity index (χ4n) is 8.29. The van der Waals surface area contributed by atoms with Crippen LogP contribution in [0.15, 0.2) is 24.3 Å². The number of allylic oxidation sites excluding steroid dienone is 2. The zero-order valence-electron chi connectivity index (χ0n) is 34.8. The molecule has 0 bridgehead atoms. The molecule has 48 heavy (non-hydrogen) atoms. The van der Waals surface area contributed by atoms with E-state index in [9.17, 15) is 0 Å². The highest BCUT2D eigenvalue weighted by Crippen LogP contribution is 2.60. The van der Waals surface area contributed by atoms with Crippen LogP contribution in [0.4, 0.5) is 0 Å². The Morgan fingerprint density at radius 1 is 0.833 bits per heavy atom. The van der Waals surface area contributed by atoms with Crippen LogP contribution in [0.2, 0.25) is 55.9 Å². The summed E-state index contributed by atoms with van der Waals surface area (Å²) in [4.78, 5) is 0. The zero-order chi connectivity index (χ0) is 36.6. The van der Waals surface area contributed by atoms with Gasteiger partial charge in [0.15, 0.2) is 25.0 Å². The fraction of sp³-hybridized carbons (Fsp3) is 0.810. The Bertz CT molecular complexity index is 1240. The highest BCUT2D eigenvalue weighted by Gasteiger charge is 2.50. The van der Waals surface area contributed by atoms with Gasteiger partial charge in [0.25, 0.3) is 0 Å². The minimum absolute atomic E-state index is 0.0115. The second-order valence-corrected chi connectivity index (χ2v) is 34.7. The van der Waals surface area contributed by atoms with E-state index >= 15 is 0 Å². The summed E-state index contributed by atoms with van der Waals surface area (Å²) in [5.41, 5.74) is 6.20. The van der Waals surface area contributed by atoms with Gasteiger partial charge in [-0.1, -0.05) is 92.5 Å². The Morgan fingerprint density at radius 2 is 1.44 bits per heavy atom. The molecule has 0 radical (unpaired) electrons. The lowest BCUT2D eigenvalue weighted by atomic mass is 9.61. The van der Waals surface area contributed by atoms with Crippen LogP contribution in [-0.2, 0) is 26.3 Å². The van der Waals surface area contributed by atoms with E-state index in [0.717, 1.165) is 31.3 Å². The molecular weight excluding hydrogens is 637 g/mol. The van der Waals surface area contributed by atoms with Crippen molar-refractivity contribution in [3.8, 4) is 0 Å². The molecule has 2 aliphatic rings. The van der Waals surface area contributed by atoms with Crippen molar-refractivity contribution >= 4 is 30.5 Å². The molecule has 0 N–H and O–H groups in total. The van der Waals surface area contributed by atoms with Gasteiger partial charge in [-0.05, 0) is 154 Å². The summed E-state index contributed by atoms with van der Waals surface area (Å²) < 4.78 is 20.1. The molecule has 0 aliphatic heterocycles. The molecule has 0 saturated heterocycles. The van der Waals surface area contributed by atoms with Crippen LogP contribution in [0.3, 0.4) is 0 Å². The highest BCUT2D eigenvalue weighted by atomic mass is 28.4. The molecule has 0 aromatic heterocycles. The first-order valence-corrected chi connectivity index (χ1v) is 28.7. The molecule has 1 aromatic carbocycles. The topological polar surface area (TPSA) is 27.7 Å². The Kier molecular flexibility index (Phi) is 13.3. The molecule has 276 valence electrons. The molecule has 2 aliphatic carbocycles. The van der Waals surface area contributed by atoms with E-state index in [1.165, 1.54) is 55.2 Å². The Hall–Kier alpha value is -0.509. The summed E-state index contributed by atoms with van der Waals surface area (Å²) >= 11 is 0. The van der Waals surface area contributed by atoms with E-state index in [4.69, 9.17) is 13.3 Å². The van der Waals surface area contributed by atoms with Gasteiger partial charge in [0.05, 0.1) is 12.2 Å². The van der Waals surface area contributed by atoms with Gasteiger partial charge >= 0.3 is 0 Å². The number of fused-ring (bicyclic) bond motifs is 1. The third-order valence-corrected chi connectivity index (χ3v) is 23.3. The van der Waals surface area contributed by atoms with Crippen LogP contribution in [0.25, 0.3) is 5.57 Å². The predicted octanol–water partition coefficient (Wildman–Crippen LogP) is 13.4. The molecule has 1 fully saturated rings. The van der Waals surface area contributed by atoms with Crippen LogP contribution in [0.5, 0.6) is 0 Å². The van der Waals surface area contributed by atoms with Gasteiger partial charge in [-0.25, -0.2) is 0 Å². The van der Waals surface area contributed by atoms with Crippen LogP contribution in [0.1, 0.15) is 131 Å². The molecule has 4 atom stereocenters. The Morgan fingerprint density at radius 3 is 2.02 bits per heavy atom. The molecule has 6 heteroatoms. The Balaban J connectivity index is 1.81. The van der Waals surface area contributed by atoms with Crippen molar-refractivity contribution in [3.05, 3.63) is 41.0 Å². The van der Waals surface area contributed by atoms with Crippen molar-refractivity contribution < 1.29 is 13.3 Å². The third-order valence-electron chi connectivity index (χ3n) is 13.1. The van der Waals surface area contributed by atoms with E-state index in [2.05, 4.69) is 139 Å². The van der Waals surface area contributed by atoms with E-state index < -0.39 is 25.0 Å². The van der Waals surface area contributed by atoms with Gasteiger partial charge in [0, 0.05) is 6.61 Å². The molecule has 0 spiro atoms. The lowest BCUT2D eigenvalue weighted by Gasteiger charge is -2.44. The van der Waals surface area contributed by atoms with Crippen molar-refractivity contribution in [1.29, 1.82) is 0 Å². The summed E-state index contributed by atoms with van der Waals surface area (Å²) in [5.74, 6) is 2.19. The molecule has 0 unspecified atom stereocenters. The number of benzene rings is 1. The maximum absolute atomic E-state index is 6.80. The first-order chi connectivity index (χ1) is 21.7. The smallest absolute Gasteiger partial charge is 0.192 e. The second kappa shape index (κ2) is 15.2. The van der Waals surface area contributed by atoms with E-state index in [1.807, 2.05) is 0 Å². The molecule has 3 rings (SSSR count). The molecule has 1 aromatic rings. The van der Waals surface area contributed by atoms with Crippen molar-refractivity contribution in [2.75, 3.05) is 6.61 Å². The maximum atomic E-state index is 6.80. The van der Waals surface area contributed by atoms with Crippen molar-refractivity contribution in [2.24, 2.45) is 23.2 Å². The van der Waals surface area contributed by atoms with Crippen molar-refractivity contribution in [2.45, 2.75) is 189 Å². The van der Waals surface area contributed by atoms with Crippen LogP contribution in [0, 0.1) is 23.2 Å². The Labute approximate surface area is 302 Å². The standard InChI is InChI=1S/C42H78O3Si3/c1-32(20-18-27-41(8,9)45-46(11,12)13)37-24-25-38-36(21-19-28-42(37,38)10)34-22-23-35(31-44-48(16,17)40(5,6)7)33(30-34)26-29-43-47(14,15)39(2,3)4/h21-23,30,32,37-38H,18-20,24-29,31H2,1-17H3/t32-,37-,38+,42-/m1/s1. The summed E-state index contributed by atoms with van der Waals surface area (Å²) in [6.07, 6.45) is 12.5. The van der Waals surface area contributed by atoms with Crippen LogP contribution >= 0.6 is 0 Å². The average Bonchev–Trinajstić information content (AvgIpc) is 3.26. The molecular formula is C42H78O3Si3. The first-order valence-electron chi connectivity index (χ1n) is 19.5. The van der Waals surface area contributed by atoms with Gasteiger partial charge in [-0.15, -0.1) is 0 Å². The largest absolute Gasteiger partial charge is 0.416 e. The quantitative estimate of drug-likeness (QED) is 0.169. The summed E-state index contributed by atoms with van der Waals surface area (Å²) in [7, 11) is -5.21. The summed E-state index contributed by atoms with van der Waals surface area (Å²) in [6, 6.07) is 7.36. The lowest BCUT2D eigenvalue weighted by molar-refractivity contribution is 0.0789. The second-order valence-electron chi connectivity index (χ2n) is 20.7. The summed E-state index contributed by atoms with van der Waals surface area (Å²) in [5, 5.41) is 0.415. The minimum atomic E-state index is -1.86. The minimum Gasteiger partial charge on any atom is -0.416 e. The van der Waals surface area contributed by atoms with E-state index in [0.29, 0.717) is 17.9 Å². The van der Waals surface area contributed by atoms with E-state index in [-0.39, 0.29) is 15.7 Å². The number of hydrogen-bond acceptors (Lipinski definition) is 3. The van der Waals surface area contributed by atoms with Crippen molar-refractivity contribution in [3.63, 3.8) is 0 Å². The fourth-order valence-corrected chi connectivity index (χ4v) is 12.0.